The second-order valence-electron chi connectivity index (χ2n) is 4.16. The monoisotopic (exact) mass is 221 g/mol. The number of hydrogen-bond donors (Lipinski definition) is 0. The summed E-state index contributed by atoms with van der Waals surface area (Å²) in [4.78, 5) is 11.2. The first-order valence-corrected chi connectivity index (χ1v) is 6.29. The minimum atomic E-state index is 0.517. The van der Waals surface area contributed by atoms with Gasteiger partial charge in [-0.2, -0.15) is 0 Å². The first kappa shape index (κ1) is 12.9. The molecule has 0 aliphatic heterocycles. The lowest BCUT2D eigenvalue weighted by Crippen LogP contribution is -2.23. The third-order valence-corrected chi connectivity index (χ3v) is 2.97. The van der Waals surface area contributed by atoms with Gasteiger partial charge < -0.3 is 4.90 Å². The van der Waals surface area contributed by atoms with Gasteiger partial charge in [0.1, 0.15) is 5.82 Å². The molecule has 0 bridgehead atoms. The summed E-state index contributed by atoms with van der Waals surface area (Å²) >= 11 is 0. The maximum Gasteiger partial charge on any atom is 0.147 e. The Balaban J connectivity index is 2.74. The van der Waals surface area contributed by atoms with Crippen LogP contribution >= 0.6 is 0 Å². The van der Waals surface area contributed by atoms with Crippen molar-refractivity contribution < 1.29 is 0 Å². The Morgan fingerprint density at radius 2 is 1.81 bits per heavy atom. The molecule has 1 aromatic rings. The summed E-state index contributed by atoms with van der Waals surface area (Å²) in [6.45, 7) is 10.7. The van der Waals surface area contributed by atoms with Gasteiger partial charge in [-0.05, 0) is 26.2 Å². The molecule has 1 unspecified atom stereocenters. The van der Waals surface area contributed by atoms with Crippen LogP contribution in [0.15, 0.2) is 12.4 Å². The lowest BCUT2D eigenvalue weighted by Gasteiger charge is -2.19. The number of anilines is 1. The van der Waals surface area contributed by atoms with Crippen LogP contribution in [0.5, 0.6) is 0 Å². The summed E-state index contributed by atoms with van der Waals surface area (Å²) in [6.07, 6.45) is 6.20. The molecule has 1 rings (SSSR count). The number of hydrogen-bond acceptors (Lipinski definition) is 3. The summed E-state index contributed by atoms with van der Waals surface area (Å²) in [7, 11) is 0. The van der Waals surface area contributed by atoms with E-state index in [-0.39, 0.29) is 0 Å². The molecule has 0 aliphatic carbocycles. The molecule has 0 saturated heterocycles. The molecule has 3 nitrogen and oxygen atoms in total. The van der Waals surface area contributed by atoms with E-state index in [2.05, 4.69) is 42.6 Å². The van der Waals surface area contributed by atoms with Crippen LogP contribution in [0.1, 0.15) is 52.1 Å². The molecule has 0 fully saturated rings. The lowest BCUT2D eigenvalue weighted by atomic mass is 10.0. The van der Waals surface area contributed by atoms with Crippen molar-refractivity contribution in [2.24, 2.45) is 0 Å². The van der Waals surface area contributed by atoms with Crippen molar-refractivity contribution in [1.29, 1.82) is 0 Å². The van der Waals surface area contributed by atoms with Crippen molar-refractivity contribution in [2.45, 2.75) is 46.5 Å². The average molecular weight is 221 g/mol. The van der Waals surface area contributed by atoms with E-state index in [9.17, 15) is 0 Å². The zero-order chi connectivity index (χ0) is 12.0. The predicted octanol–water partition coefficient (Wildman–Crippen LogP) is 3.23. The molecule has 0 saturated carbocycles. The van der Waals surface area contributed by atoms with E-state index in [1.807, 2.05) is 12.4 Å². The van der Waals surface area contributed by atoms with Gasteiger partial charge in [0.15, 0.2) is 0 Å². The van der Waals surface area contributed by atoms with E-state index in [1.165, 1.54) is 12.8 Å². The quantitative estimate of drug-likeness (QED) is 0.738. The van der Waals surface area contributed by atoms with Crippen LogP contribution in [0.3, 0.4) is 0 Å². The topological polar surface area (TPSA) is 29.0 Å². The van der Waals surface area contributed by atoms with Crippen LogP contribution in [-0.2, 0) is 0 Å². The van der Waals surface area contributed by atoms with Crippen LogP contribution in [0.25, 0.3) is 0 Å². The van der Waals surface area contributed by atoms with Crippen molar-refractivity contribution in [2.75, 3.05) is 18.0 Å². The fourth-order valence-corrected chi connectivity index (χ4v) is 1.88. The number of nitrogens with zero attached hydrogens (tertiary/aromatic N) is 3. The van der Waals surface area contributed by atoms with Gasteiger partial charge in [-0.15, -0.1) is 0 Å². The average Bonchev–Trinajstić information content (AvgIpc) is 2.32. The van der Waals surface area contributed by atoms with Gasteiger partial charge in [-0.25, -0.2) is 4.98 Å². The molecular formula is C13H23N3. The molecule has 3 heteroatoms. The van der Waals surface area contributed by atoms with E-state index in [4.69, 9.17) is 0 Å². The Bertz CT molecular complexity index is 291. The molecule has 0 radical (unpaired) electrons. The minimum Gasteiger partial charge on any atom is -0.356 e. The van der Waals surface area contributed by atoms with Crippen LogP contribution in [0, 0.1) is 0 Å². The van der Waals surface area contributed by atoms with E-state index in [0.717, 1.165) is 24.6 Å². The molecule has 16 heavy (non-hydrogen) atoms. The maximum absolute atomic E-state index is 4.51. The van der Waals surface area contributed by atoms with Gasteiger partial charge in [0, 0.05) is 13.1 Å². The molecule has 0 N–H and O–H groups in total. The van der Waals surface area contributed by atoms with Crippen LogP contribution < -0.4 is 4.90 Å². The van der Waals surface area contributed by atoms with Crippen LogP contribution in [0.2, 0.25) is 0 Å². The Morgan fingerprint density at radius 1 is 1.12 bits per heavy atom. The van der Waals surface area contributed by atoms with Crippen molar-refractivity contribution in [3.05, 3.63) is 18.1 Å². The molecule has 1 atom stereocenters. The summed E-state index contributed by atoms with van der Waals surface area (Å²) in [5.41, 5.74) is 1.11. The predicted molar refractivity (Wildman–Crippen MR) is 68.9 cm³/mol. The number of aromatic nitrogens is 2. The fraction of sp³-hybridized carbons (Fsp3) is 0.692. The lowest BCUT2D eigenvalue weighted by molar-refractivity contribution is 0.643. The van der Waals surface area contributed by atoms with Crippen molar-refractivity contribution in [3.63, 3.8) is 0 Å². The second-order valence-corrected chi connectivity index (χ2v) is 4.16. The van der Waals surface area contributed by atoms with E-state index in [0.29, 0.717) is 5.92 Å². The maximum atomic E-state index is 4.51. The zero-order valence-electron chi connectivity index (χ0n) is 10.9. The standard InChI is InChI=1S/C13H23N3/c1-5-8-11(4)12-9-15-13(10-14-12)16(6-2)7-3/h9-11H,5-8H2,1-4H3. The van der Waals surface area contributed by atoms with Gasteiger partial charge in [0.2, 0.25) is 0 Å². The van der Waals surface area contributed by atoms with Gasteiger partial charge in [0.25, 0.3) is 0 Å². The SMILES string of the molecule is CCCC(C)c1cnc(N(CC)CC)cn1. The third-order valence-electron chi connectivity index (χ3n) is 2.97. The molecule has 1 aromatic heterocycles. The highest BCUT2D eigenvalue weighted by atomic mass is 15.2. The molecule has 0 aromatic carbocycles. The molecular weight excluding hydrogens is 198 g/mol. The third kappa shape index (κ3) is 3.19. The summed E-state index contributed by atoms with van der Waals surface area (Å²) in [5, 5.41) is 0. The Morgan fingerprint density at radius 3 is 2.25 bits per heavy atom. The van der Waals surface area contributed by atoms with Gasteiger partial charge >= 0.3 is 0 Å². The zero-order valence-corrected chi connectivity index (χ0v) is 10.9. The molecule has 90 valence electrons. The van der Waals surface area contributed by atoms with E-state index >= 15 is 0 Å². The van der Waals surface area contributed by atoms with Gasteiger partial charge in [0.05, 0.1) is 18.1 Å². The molecule has 0 aliphatic rings. The molecule has 0 amide bonds. The van der Waals surface area contributed by atoms with E-state index < -0.39 is 0 Å². The van der Waals surface area contributed by atoms with Crippen molar-refractivity contribution in [1.82, 2.24) is 9.97 Å². The van der Waals surface area contributed by atoms with Gasteiger partial charge in [-0.1, -0.05) is 20.3 Å². The smallest absolute Gasteiger partial charge is 0.147 e. The van der Waals surface area contributed by atoms with Gasteiger partial charge in [-0.3, -0.25) is 4.98 Å². The van der Waals surface area contributed by atoms with Crippen LogP contribution in [-0.4, -0.2) is 23.1 Å². The van der Waals surface area contributed by atoms with E-state index in [1.54, 1.807) is 0 Å². The number of rotatable bonds is 6. The fourth-order valence-electron chi connectivity index (χ4n) is 1.88. The normalized spacial score (nSPS) is 12.5. The highest BCUT2D eigenvalue weighted by molar-refractivity contribution is 5.35. The Hall–Kier alpha value is -1.12. The Labute approximate surface area is 98.9 Å². The summed E-state index contributed by atoms with van der Waals surface area (Å²) in [6, 6.07) is 0. The van der Waals surface area contributed by atoms with Crippen LogP contribution in [0.4, 0.5) is 5.82 Å². The highest BCUT2D eigenvalue weighted by Crippen LogP contribution is 2.18. The molecule has 0 spiro atoms. The summed E-state index contributed by atoms with van der Waals surface area (Å²) < 4.78 is 0. The van der Waals surface area contributed by atoms with Crippen molar-refractivity contribution in [3.8, 4) is 0 Å². The minimum absolute atomic E-state index is 0.517. The second kappa shape index (κ2) is 6.46. The largest absolute Gasteiger partial charge is 0.356 e. The summed E-state index contributed by atoms with van der Waals surface area (Å²) in [5.74, 6) is 1.50. The molecule has 1 heterocycles. The Kier molecular flexibility index (Phi) is 5.23. The first-order chi connectivity index (χ1) is 7.72. The first-order valence-electron chi connectivity index (χ1n) is 6.29. The highest BCUT2D eigenvalue weighted by Gasteiger charge is 2.08. The van der Waals surface area contributed by atoms with Crippen molar-refractivity contribution >= 4 is 5.82 Å².